The topological polar surface area (TPSA) is 32.3 Å². The Bertz CT molecular complexity index is 691. The average molecular weight is 355 g/mol. The highest BCUT2D eigenvalue weighted by Gasteiger charge is 2.19. The number of anilines is 1. The highest BCUT2D eigenvalue weighted by atomic mass is 35.5. The zero-order valence-corrected chi connectivity index (χ0v) is 14.3. The van der Waals surface area contributed by atoms with Gasteiger partial charge in [0, 0.05) is 11.6 Å². The van der Waals surface area contributed by atoms with Crippen molar-refractivity contribution in [2.45, 2.75) is 19.5 Å². The molecule has 0 saturated heterocycles. The average Bonchev–Trinajstić information content (AvgIpc) is 2.52. The molecule has 3 nitrogen and oxygen atoms in total. The standard InChI is InChI=1S/C17H17Cl2FN2O/c1-11(22(2)10-12-3-6-14(20)7-4-12)17(23)21-16-9-13(18)5-8-15(16)19/h3-9,11H,10H2,1-2H3,(H,21,23). The molecule has 1 amide bonds. The van der Waals surface area contributed by atoms with E-state index in [-0.39, 0.29) is 11.7 Å². The summed E-state index contributed by atoms with van der Waals surface area (Å²) < 4.78 is 12.9. The quantitative estimate of drug-likeness (QED) is 0.851. The van der Waals surface area contributed by atoms with E-state index < -0.39 is 6.04 Å². The molecule has 1 atom stereocenters. The Morgan fingerprint density at radius 1 is 1.22 bits per heavy atom. The van der Waals surface area contributed by atoms with Crippen LogP contribution in [0, 0.1) is 5.82 Å². The third kappa shape index (κ3) is 4.93. The third-order valence-electron chi connectivity index (χ3n) is 3.57. The van der Waals surface area contributed by atoms with Gasteiger partial charge in [-0.3, -0.25) is 9.69 Å². The second-order valence-electron chi connectivity index (χ2n) is 5.33. The highest BCUT2D eigenvalue weighted by Crippen LogP contribution is 2.25. The van der Waals surface area contributed by atoms with Crippen molar-refractivity contribution in [3.05, 3.63) is 63.9 Å². The van der Waals surface area contributed by atoms with Gasteiger partial charge in [-0.1, -0.05) is 35.3 Å². The molecular weight excluding hydrogens is 338 g/mol. The number of hydrogen-bond acceptors (Lipinski definition) is 2. The predicted octanol–water partition coefficient (Wildman–Crippen LogP) is 4.59. The van der Waals surface area contributed by atoms with Crippen LogP contribution in [0.5, 0.6) is 0 Å². The molecule has 0 fully saturated rings. The van der Waals surface area contributed by atoms with E-state index in [0.29, 0.717) is 22.3 Å². The molecule has 0 radical (unpaired) electrons. The minimum absolute atomic E-state index is 0.196. The van der Waals surface area contributed by atoms with Crippen LogP contribution in [-0.4, -0.2) is 23.9 Å². The SMILES string of the molecule is CC(C(=O)Nc1cc(Cl)ccc1Cl)N(C)Cc1ccc(F)cc1. The van der Waals surface area contributed by atoms with Gasteiger partial charge in [0.2, 0.25) is 5.91 Å². The van der Waals surface area contributed by atoms with Crippen molar-refractivity contribution >= 4 is 34.8 Å². The summed E-state index contributed by atoms with van der Waals surface area (Å²) in [5.41, 5.74) is 1.40. The zero-order valence-electron chi connectivity index (χ0n) is 12.8. The lowest BCUT2D eigenvalue weighted by Crippen LogP contribution is -2.39. The molecule has 1 N–H and O–H groups in total. The van der Waals surface area contributed by atoms with Crippen LogP contribution in [0.2, 0.25) is 10.0 Å². The molecule has 2 aromatic carbocycles. The molecule has 23 heavy (non-hydrogen) atoms. The van der Waals surface area contributed by atoms with E-state index in [2.05, 4.69) is 5.32 Å². The fraction of sp³-hybridized carbons (Fsp3) is 0.235. The van der Waals surface area contributed by atoms with Crippen LogP contribution in [0.15, 0.2) is 42.5 Å². The lowest BCUT2D eigenvalue weighted by Gasteiger charge is -2.24. The number of amides is 1. The summed E-state index contributed by atoms with van der Waals surface area (Å²) in [6.07, 6.45) is 0. The lowest BCUT2D eigenvalue weighted by molar-refractivity contribution is -0.120. The van der Waals surface area contributed by atoms with Gasteiger partial charge in [0.25, 0.3) is 0 Å². The van der Waals surface area contributed by atoms with Crippen LogP contribution in [0.3, 0.4) is 0 Å². The Balaban J connectivity index is 2.00. The summed E-state index contributed by atoms with van der Waals surface area (Å²) in [6.45, 7) is 2.31. The van der Waals surface area contributed by atoms with E-state index in [1.807, 2.05) is 11.9 Å². The Hall–Kier alpha value is -1.62. The summed E-state index contributed by atoms with van der Waals surface area (Å²) >= 11 is 12.0. The van der Waals surface area contributed by atoms with Gasteiger partial charge in [0.1, 0.15) is 5.82 Å². The minimum Gasteiger partial charge on any atom is -0.323 e. The van der Waals surface area contributed by atoms with Crippen molar-refractivity contribution in [3.63, 3.8) is 0 Å². The Morgan fingerprint density at radius 2 is 1.87 bits per heavy atom. The molecule has 2 aromatic rings. The molecule has 0 saturated carbocycles. The molecular formula is C17H17Cl2FN2O. The zero-order chi connectivity index (χ0) is 17.0. The number of carbonyl (C=O) groups is 1. The van der Waals surface area contributed by atoms with Crippen LogP contribution in [0.1, 0.15) is 12.5 Å². The summed E-state index contributed by atoms with van der Waals surface area (Å²) in [6, 6.07) is 10.7. The van der Waals surface area contributed by atoms with Gasteiger partial charge in [-0.15, -0.1) is 0 Å². The molecule has 2 rings (SSSR count). The van der Waals surface area contributed by atoms with Crippen LogP contribution < -0.4 is 5.32 Å². The van der Waals surface area contributed by atoms with Gasteiger partial charge in [-0.25, -0.2) is 4.39 Å². The number of rotatable bonds is 5. The van der Waals surface area contributed by atoms with Crippen molar-refractivity contribution < 1.29 is 9.18 Å². The van der Waals surface area contributed by atoms with Gasteiger partial charge in [0.15, 0.2) is 0 Å². The van der Waals surface area contributed by atoms with Crippen molar-refractivity contribution in [2.75, 3.05) is 12.4 Å². The van der Waals surface area contributed by atoms with E-state index in [1.54, 1.807) is 37.3 Å². The number of nitrogens with one attached hydrogen (secondary N) is 1. The van der Waals surface area contributed by atoms with Gasteiger partial charge in [-0.2, -0.15) is 0 Å². The molecule has 0 aliphatic heterocycles. The number of halogens is 3. The second kappa shape index (κ2) is 7.77. The van der Waals surface area contributed by atoms with Crippen LogP contribution in [0.4, 0.5) is 10.1 Å². The van der Waals surface area contributed by atoms with Crippen molar-refractivity contribution in [1.29, 1.82) is 0 Å². The Labute approximate surface area is 145 Å². The second-order valence-corrected chi connectivity index (χ2v) is 6.17. The van der Waals surface area contributed by atoms with Gasteiger partial charge >= 0.3 is 0 Å². The Kier molecular flexibility index (Phi) is 5.99. The van der Waals surface area contributed by atoms with E-state index in [4.69, 9.17) is 23.2 Å². The summed E-state index contributed by atoms with van der Waals surface area (Å²) in [7, 11) is 1.83. The summed E-state index contributed by atoms with van der Waals surface area (Å²) in [4.78, 5) is 14.2. The number of likely N-dealkylation sites (N-methyl/N-ethyl adjacent to an activating group) is 1. The Morgan fingerprint density at radius 3 is 2.52 bits per heavy atom. The molecule has 122 valence electrons. The van der Waals surface area contributed by atoms with Crippen LogP contribution in [-0.2, 0) is 11.3 Å². The molecule has 0 aromatic heterocycles. The first-order valence-electron chi connectivity index (χ1n) is 7.07. The number of nitrogens with zero attached hydrogens (tertiary/aromatic N) is 1. The molecule has 0 heterocycles. The fourth-order valence-electron chi connectivity index (χ4n) is 2.05. The maximum Gasteiger partial charge on any atom is 0.241 e. The molecule has 0 aliphatic carbocycles. The number of carbonyl (C=O) groups excluding carboxylic acids is 1. The first-order chi connectivity index (χ1) is 10.9. The molecule has 6 heteroatoms. The van der Waals surface area contributed by atoms with E-state index >= 15 is 0 Å². The number of benzene rings is 2. The largest absolute Gasteiger partial charge is 0.323 e. The first-order valence-corrected chi connectivity index (χ1v) is 7.83. The maximum atomic E-state index is 12.9. The summed E-state index contributed by atoms with van der Waals surface area (Å²) in [5, 5.41) is 3.69. The third-order valence-corrected chi connectivity index (χ3v) is 4.14. The molecule has 0 bridgehead atoms. The normalized spacial score (nSPS) is 12.3. The predicted molar refractivity (Wildman–Crippen MR) is 92.4 cm³/mol. The minimum atomic E-state index is -0.393. The van der Waals surface area contributed by atoms with E-state index in [1.165, 1.54) is 12.1 Å². The van der Waals surface area contributed by atoms with Crippen molar-refractivity contribution in [1.82, 2.24) is 4.90 Å². The highest BCUT2D eigenvalue weighted by molar-refractivity contribution is 6.35. The van der Waals surface area contributed by atoms with Crippen molar-refractivity contribution in [3.8, 4) is 0 Å². The van der Waals surface area contributed by atoms with Gasteiger partial charge in [0.05, 0.1) is 16.8 Å². The summed E-state index contributed by atoms with van der Waals surface area (Å²) in [5.74, 6) is -0.475. The lowest BCUT2D eigenvalue weighted by atomic mass is 10.2. The van der Waals surface area contributed by atoms with E-state index in [9.17, 15) is 9.18 Å². The fourth-order valence-corrected chi connectivity index (χ4v) is 2.38. The monoisotopic (exact) mass is 354 g/mol. The first kappa shape index (κ1) is 17.7. The van der Waals surface area contributed by atoms with Crippen molar-refractivity contribution in [2.24, 2.45) is 0 Å². The van der Waals surface area contributed by atoms with Gasteiger partial charge in [-0.05, 0) is 49.9 Å². The molecule has 0 spiro atoms. The maximum absolute atomic E-state index is 12.9. The van der Waals surface area contributed by atoms with Gasteiger partial charge < -0.3 is 5.32 Å². The molecule has 0 aliphatic rings. The van der Waals surface area contributed by atoms with Crippen LogP contribution in [0.25, 0.3) is 0 Å². The number of hydrogen-bond donors (Lipinski definition) is 1. The smallest absolute Gasteiger partial charge is 0.241 e. The van der Waals surface area contributed by atoms with E-state index in [0.717, 1.165) is 5.56 Å². The molecule has 1 unspecified atom stereocenters. The van der Waals surface area contributed by atoms with Crippen LogP contribution >= 0.6 is 23.2 Å².